The molecule has 0 unspecified atom stereocenters. The quantitative estimate of drug-likeness (QED) is 0.122. The van der Waals surface area contributed by atoms with Crippen LogP contribution >= 0.6 is 32.9 Å². The van der Waals surface area contributed by atoms with E-state index < -0.39 is 10.1 Å². The zero-order valence-corrected chi connectivity index (χ0v) is 24.0. The van der Waals surface area contributed by atoms with Crippen LogP contribution in [0.15, 0.2) is 23.1 Å². The fourth-order valence-electron chi connectivity index (χ4n) is 3.53. The van der Waals surface area contributed by atoms with Gasteiger partial charge in [0.05, 0.1) is 12.0 Å². The van der Waals surface area contributed by atoms with Crippen LogP contribution in [0.25, 0.3) is 11.1 Å². The first-order valence-electron chi connectivity index (χ1n) is 10.6. The van der Waals surface area contributed by atoms with Crippen LogP contribution in [0.3, 0.4) is 0 Å². The molecule has 0 aliphatic carbocycles. The molecule has 0 aliphatic heterocycles. The molecule has 168 valence electrons. The minimum atomic E-state index is -4.62. The summed E-state index contributed by atoms with van der Waals surface area (Å²) in [7, 11) is -0.0913. The van der Waals surface area contributed by atoms with Gasteiger partial charge in [-0.3, -0.25) is 0 Å². The predicted molar refractivity (Wildman–Crippen MR) is 129 cm³/mol. The zero-order valence-electron chi connectivity index (χ0n) is 18.8. The molecule has 0 N–H and O–H groups in total. The third-order valence-corrected chi connectivity index (χ3v) is 9.21. The van der Waals surface area contributed by atoms with E-state index in [2.05, 4.69) is 6.92 Å². The smallest absolute Gasteiger partial charge is 0.744 e. The molecule has 0 amide bonds. The number of methoxy groups -OCH3 is 1. The Morgan fingerprint density at radius 1 is 0.968 bits per heavy atom. The van der Waals surface area contributed by atoms with E-state index in [0.717, 1.165) is 22.2 Å². The van der Waals surface area contributed by atoms with E-state index in [1.165, 1.54) is 92.2 Å². The number of ether oxygens (including phenoxy) is 1. The molecule has 1 heterocycles. The van der Waals surface area contributed by atoms with Gasteiger partial charge in [-0.15, -0.1) is 0 Å². The van der Waals surface area contributed by atoms with E-state index in [1.807, 2.05) is 0 Å². The van der Waals surface area contributed by atoms with Crippen LogP contribution in [0.1, 0.15) is 76.0 Å². The molecule has 31 heavy (non-hydrogen) atoms. The second-order valence-electron chi connectivity index (χ2n) is 7.50. The molecular formula is C22H31NaO4S4. The fourth-order valence-corrected chi connectivity index (χ4v) is 7.19. The fraction of sp³-hybridized carbons (Fsp3) is 0.591. The van der Waals surface area contributed by atoms with Crippen molar-refractivity contribution in [1.82, 2.24) is 0 Å². The van der Waals surface area contributed by atoms with Gasteiger partial charge < -0.3 is 9.29 Å². The van der Waals surface area contributed by atoms with Gasteiger partial charge in [0.25, 0.3) is 0 Å². The molecular weight excluding hydrogens is 479 g/mol. The Kier molecular flexibility index (Phi) is 14.3. The van der Waals surface area contributed by atoms with Crippen molar-refractivity contribution >= 4 is 43.0 Å². The third kappa shape index (κ3) is 9.53. The molecule has 0 spiro atoms. The molecule has 0 bridgehead atoms. The normalized spacial score (nSPS) is 11.3. The Morgan fingerprint density at radius 2 is 1.55 bits per heavy atom. The average molecular weight is 511 g/mol. The van der Waals surface area contributed by atoms with Gasteiger partial charge in [0.2, 0.25) is 0 Å². The summed E-state index contributed by atoms with van der Waals surface area (Å²) in [5, 5.41) is 0. The van der Waals surface area contributed by atoms with E-state index in [4.69, 9.17) is 17.0 Å². The Balaban J connectivity index is 0.00000480. The molecule has 9 heteroatoms. The summed E-state index contributed by atoms with van der Waals surface area (Å²) in [6.07, 6.45) is 13.8. The summed E-state index contributed by atoms with van der Waals surface area (Å²) in [6, 6.07) is 4.70. The van der Waals surface area contributed by atoms with Crippen LogP contribution < -0.4 is 34.3 Å². The number of aryl methyl sites for hydroxylation is 1. The summed E-state index contributed by atoms with van der Waals surface area (Å²) < 4.78 is 40.6. The van der Waals surface area contributed by atoms with Gasteiger partial charge in [0, 0.05) is 10.4 Å². The second kappa shape index (κ2) is 15.2. The van der Waals surface area contributed by atoms with Gasteiger partial charge >= 0.3 is 29.6 Å². The summed E-state index contributed by atoms with van der Waals surface area (Å²) in [5.74, 6) is 0.0646. The third-order valence-electron chi connectivity index (χ3n) is 5.18. The SMILES string of the molecule is CCCCCCCCCCCCc1ssc(=S)c1-c1ccc(OC)c(S(=O)(=O)[O-])c1.[Na+]. The Labute approximate surface area is 221 Å². The first-order chi connectivity index (χ1) is 14.4. The van der Waals surface area contributed by atoms with Crippen molar-refractivity contribution in [3.8, 4) is 16.9 Å². The molecule has 2 aromatic rings. The topological polar surface area (TPSA) is 66.4 Å². The molecule has 0 fully saturated rings. The van der Waals surface area contributed by atoms with Crippen molar-refractivity contribution in [3.63, 3.8) is 0 Å². The first kappa shape index (κ1) is 29.2. The number of rotatable bonds is 14. The summed E-state index contributed by atoms with van der Waals surface area (Å²) in [5.41, 5.74) is 1.57. The first-order valence-corrected chi connectivity index (χ1v) is 14.6. The van der Waals surface area contributed by atoms with Gasteiger partial charge in [0.1, 0.15) is 19.7 Å². The standard InChI is InChI=1S/C22H32O4S4.Na/c1-3-4-5-6-7-8-9-10-11-12-13-19-21(22(27)29-28-19)17-14-15-18(26-2)20(16-17)30(23,24)25;/h14-16H,3-13H2,1-2H3,(H,23,24,25);/q;+1/p-1. The van der Waals surface area contributed by atoms with E-state index in [-0.39, 0.29) is 40.2 Å². The zero-order chi connectivity index (χ0) is 22.0. The van der Waals surface area contributed by atoms with Crippen molar-refractivity contribution in [2.24, 2.45) is 0 Å². The molecule has 0 saturated heterocycles. The van der Waals surface area contributed by atoms with Crippen molar-refractivity contribution in [3.05, 3.63) is 26.9 Å². The van der Waals surface area contributed by atoms with Gasteiger partial charge in [-0.2, -0.15) is 0 Å². The van der Waals surface area contributed by atoms with Crippen LogP contribution in [0, 0.1) is 3.82 Å². The molecule has 1 aromatic carbocycles. The Hall–Kier alpha value is 0.200. The minimum Gasteiger partial charge on any atom is -0.744 e. The van der Waals surface area contributed by atoms with Crippen molar-refractivity contribution in [1.29, 1.82) is 0 Å². The van der Waals surface area contributed by atoms with Crippen LogP contribution in [0.5, 0.6) is 5.75 Å². The van der Waals surface area contributed by atoms with Crippen LogP contribution in [0.2, 0.25) is 0 Å². The summed E-state index contributed by atoms with van der Waals surface area (Å²) >= 11 is 5.50. The second-order valence-corrected chi connectivity index (χ2v) is 11.8. The molecule has 0 radical (unpaired) electrons. The summed E-state index contributed by atoms with van der Waals surface area (Å²) in [4.78, 5) is 0.835. The van der Waals surface area contributed by atoms with Crippen molar-refractivity contribution in [2.75, 3.05) is 7.11 Å². The maximum atomic E-state index is 11.6. The van der Waals surface area contributed by atoms with Crippen LogP contribution in [-0.4, -0.2) is 20.1 Å². The van der Waals surface area contributed by atoms with E-state index >= 15 is 0 Å². The van der Waals surface area contributed by atoms with Crippen LogP contribution in [0.4, 0.5) is 0 Å². The van der Waals surface area contributed by atoms with E-state index in [1.54, 1.807) is 16.4 Å². The number of benzene rings is 1. The average Bonchev–Trinajstić information content (AvgIpc) is 3.08. The number of hydrogen-bond acceptors (Lipinski definition) is 7. The van der Waals surface area contributed by atoms with Crippen molar-refractivity contribution < 1.29 is 47.3 Å². The summed E-state index contributed by atoms with van der Waals surface area (Å²) in [6.45, 7) is 2.24. The monoisotopic (exact) mass is 510 g/mol. The van der Waals surface area contributed by atoms with Gasteiger partial charge in [-0.05, 0) is 30.5 Å². The number of hydrogen-bond donors (Lipinski definition) is 0. The predicted octanol–water partition coefficient (Wildman–Crippen LogP) is 4.59. The maximum absolute atomic E-state index is 11.6. The van der Waals surface area contributed by atoms with E-state index in [0.29, 0.717) is 5.56 Å². The van der Waals surface area contributed by atoms with Gasteiger partial charge in [0.15, 0.2) is 0 Å². The Morgan fingerprint density at radius 3 is 2.10 bits per heavy atom. The largest absolute Gasteiger partial charge is 1.00 e. The molecule has 0 aliphatic rings. The minimum absolute atomic E-state index is 0. The Bertz CT molecular complexity index is 951. The van der Waals surface area contributed by atoms with E-state index in [9.17, 15) is 13.0 Å². The molecule has 0 atom stereocenters. The molecule has 4 nitrogen and oxygen atoms in total. The number of unbranched alkanes of at least 4 members (excludes halogenated alkanes) is 9. The van der Waals surface area contributed by atoms with Gasteiger partial charge in [-0.1, -0.05) is 104 Å². The molecule has 0 saturated carbocycles. The molecule has 1 aromatic heterocycles. The van der Waals surface area contributed by atoms with Crippen molar-refractivity contribution in [2.45, 2.75) is 82.4 Å². The maximum Gasteiger partial charge on any atom is 1.00 e. The molecule has 2 rings (SSSR count). The van der Waals surface area contributed by atoms with Crippen LogP contribution in [-0.2, 0) is 16.5 Å². The van der Waals surface area contributed by atoms with Gasteiger partial charge in [-0.25, -0.2) is 8.42 Å².